The van der Waals surface area contributed by atoms with E-state index >= 15 is 0 Å². The van der Waals surface area contributed by atoms with Crippen LogP contribution in [0.5, 0.6) is 0 Å². The summed E-state index contributed by atoms with van der Waals surface area (Å²) in [4.78, 5) is 11.3. The topological polar surface area (TPSA) is 85.3 Å². The smallest absolute Gasteiger partial charge is 0.0587 e. The molecular weight excluding hydrogens is 568 g/mol. The van der Waals surface area contributed by atoms with Crippen molar-refractivity contribution in [1.29, 1.82) is 0 Å². The third kappa shape index (κ3) is 11.3. The Labute approximate surface area is 273 Å². The van der Waals surface area contributed by atoms with Crippen LogP contribution in [0.25, 0.3) is 11.1 Å². The average Bonchev–Trinajstić information content (AvgIpc) is 3.12. The van der Waals surface area contributed by atoms with E-state index in [0.29, 0.717) is 0 Å². The summed E-state index contributed by atoms with van der Waals surface area (Å²) in [7, 11) is 0. The van der Waals surface area contributed by atoms with Gasteiger partial charge in [-0.05, 0) is 58.5 Å². The van der Waals surface area contributed by atoms with Crippen molar-refractivity contribution < 1.29 is 5.11 Å². The van der Waals surface area contributed by atoms with Crippen LogP contribution in [0.3, 0.4) is 0 Å². The summed E-state index contributed by atoms with van der Waals surface area (Å²) in [5.41, 5.74) is 8.26. The van der Waals surface area contributed by atoms with E-state index in [1.165, 1.54) is 27.8 Å². The number of hydrogen-bond acceptors (Lipinski definition) is 7. The lowest BCUT2D eigenvalue weighted by Crippen LogP contribution is -2.36. The first kappa shape index (κ1) is 33.1. The standard InChI is InChI=1S/C39H46N6O/c46-31-39(26-32-8-2-1-3-9-32)44-27-33-12-16-35(17-13-33)36-18-14-34(15-19-36)30-45(24-22-40-28-37-10-4-6-20-42-37)25-23-41-29-38-11-5-7-21-43-38/h1-21,39-41,44,46H,22-31H2/t39-/m0/s1. The molecule has 2 aromatic heterocycles. The van der Waals surface area contributed by atoms with Gasteiger partial charge in [-0.25, -0.2) is 0 Å². The van der Waals surface area contributed by atoms with Gasteiger partial charge in [-0.1, -0.05) is 91.0 Å². The second-order valence-corrected chi connectivity index (χ2v) is 11.6. The van der Waals surface area contributed by atoms with Crippen molar-refractivity contribution in [3.05, 3.63) is 156 Å². The van der Waals surface area contributed by atoms with Crippen LogP contribution in [-0.4, -0.2) is 58.8 Å². The van der Waals surface area contributed by atoms with Gasteiger partial charge in [0.1, 0.15) is 0 Å². The van der Waals surface area contributed by atoms with Crippen molar-refractivity contribution in [2.75, 3.05) is 32.8 Å². The predicted octanol–water partition coefficient (Wildman–Crippen LogP) is 5.22. The van der Waals surface area contributed by atoms with Crippen molar-refractivity contribution in [2.45, 2.75) is 38.6 Å². The lowest BCUT2D eigenvalue weighted by Gasteiger charge is -2.23. The molecule has 7 nitrogen and oxygen atoms in total. The molecule has 1 atom stereocenters. The summed E-state index contributed by atoms with van der Waals surface area (Å²) in [5, 5.41) is 20.4. The summed E-state index contributed by atoms with van der Waals surface area (Å²) in [6.07, 6.45) is 4.49. The lowest BCUT2D eigenvalue weighted by atomic mass is 10.0. The molecule has 0 aliphatic heterocycles. The second kappa shape index (κ2) is 18.7. The number of pyridine rings is 2. The molecule has 7 heteroatoms. The SMILES string of the molecule is OC[C@H](Cc1ccccc1)NCc1ccc(-c2ccc(CN(CCNCc3ccccn3)CCNCc3ccccn3)cc2)cc1. The molecule has 0 saturated carbocycles. The van der Waals surface area contributed by atoms with Crippen LogP contribution >= 0.6 is 0 Å². The molecule has 0 unspecified atom stereocenters. The molecule has 5 rings (SSSR count). The van der Waals surface area contributed by atoms with E-state index in [2.05, 4.69) is 104 Å². The fraction of sp³-hybridized carbons (Fsp3) is 0.282. The molecule has 0 bridgehead atoms. The number of aliphatic hydroxyl groups excluding tert-OH is 1. The number of aliphatic hydroxyl groups is 1. The van der Waals surface area contributed by atoms with Crippen molar-refractivity contribution in [3.8, 4) is 11.1 Å². The maximum absolute atomic E-state index is 9.85. The zero-order valence-corrected chi connectivity index (χ0v) is 26.6. The van der Waals surface area contributed by atoms with Gasteiger partial charge in [-0.15, -0.1) is 0 Å². The van der Waals surface area contributed by atoms with Crippen LogP contribution in [0.4, 0.5) is 0 Å². The van der Waals surface area contributed by atoms with Gasteiger partial charge in [-0.2, -0.15) is 0 Å². The summed E-state index contributed by atoms with van der Waals surface area (Å²) in [6, 6.07) is 40.0. The van der Waals surface area contributed by atoms with Crippen LogP contribution in [-0.2, 0) is 32.6 Å². The van der Waals surface area contributed by atoms with Crippen LogP contribution in [0.1, 0.15) is 28.1 Å². The van der Waals surface area contributed by atoms with Crippen molar-refractivity contribution >= 4 is 0 Å². The highest BCUT2D eigenvalue weighted by molar-refractivity contribution is 5.64. The van der Waals surface area contributed by atoms with Gasteiger partial charge < -0.3 is 21.1 Å². The number of hydrogen-bond donors (Lipinski definition) is 4. The van der Waals surface area contributed by atoms with E-state index in [1.54, 1.807) is 0 Å². The van der Waals surface area contributed by atoms with Crippen LogP contribution in [0, 0.1) is 0 Å². The van der Waals surface area contributed by atoms with E-state index in [1.807, 2.05) is 54.9 Å². The van der Waals surface area contributed by atoms with E-state index in [4.69, 9.17) is 0 Å². The Bertz CT molecular complexity index is 1470. The van der Waals surface area contributed by atoms with Gasteiger partial charge in [0.15, 0.2) is 0 Å². The highest BCUT2D eigenvalue weighted by atomic mass is 16.3. The molecule has 238 valence electrons. The Kier molecular flexibility index (Phi) is 13.4. The molecule has 0 aliphatic rings. The van der Waals surface area contributed by atoms with Crippen LogP contribution in [0.2, 0.25) is 0 Å². The average molecular weight is 615 g/mol. The highest BCUT2D eigenvalue weighted by Gasteiger charge is 2.10. The molecular formula is C39H46N6O. The normalized spacial score (nSPS) is 12.0. The third-order valence-corrected chi connectivity index (χ3v) is 8.06. The van der Waals surface area contributed by atoms with Crippen molar-refractivity contribution in [2.24, 2.45) is 0 Å². The summed E-state index contributed by atoms with van der Waals surface area (Å²) < 4.78 is 0. The van der Waals surface area contributed by atoms with E-state index in [0.717, 1.165) is 70.2 Å². The van der Waals surface area contributed by atoms with Crippen molar-refractivity contribution in [3.63, 3.8) is 0 Å². The largest absolute Gasteiger partial charge is 0.395 e. The van der Waals surface area contributed by atoms with Crippen LogP contribution < -0.4 is 16.0 Å². The number of nitrogens with zero attached hydrogens (tertiary/aromatic N) is 3. The summed E-state index contributed by atoms with van der Waals surface area (Å²) >= 11 is 0. The maximum Gasteiger partial charge on any atom is 0.0587 e. The summed E-state index contributed by atoms with van der Waals surface area (Å²) in [6.45, 7) is 6.92. The molecule has 0 spiro atoms. The zero-order chi connectivity index (χ0) is 31.7. The fourth-order valence-electron chi connectivity index (χ4n) is 5.42. The Morgan fingerprint density at radius 3 is 1.63 bits per heavy atom. The molecule has 5 aromatic rings. The monoisotopic (exact) mass is 614 g/mol. The maximum atomic E-state index is 9.85. The molecule has 0 aliphatic carbocycles. The minimum atomic E-state index is 0.0301. The molecule has 0 fully saturated rings. The van der Waals surface area contributed by atoms with Gasteiger partial charge >= 0.3 is 0 Å². The zero-order valence-electron chi connectivity index (χ0n) is 26.6. The van der Waals surface area contributed by atoms with Gasteiger partial charge in [0, 0.05) is 70.8 Å². The Morgan fingerprint density at radius 1 is 0.565 bits per heavy atom. The first-order chi connectivity index (χ1) is 22.7. The number of nitrogens with one attached hydrogen (secondary N) is 3. The molecule has 3 aromatic carbocycles. The number of aromatic nitrogens is 2. The fourth-order valence-corrected chi connectivity index (χ4v) is 5.42. The molecule has 2 heterocycles. The Morgan fingerprint density at radius 2 is 1.11 bits per heavy atom. The van der Waals surface area contributed by atoms with Gasteiger partial charge in [0.05, 0.1) is 18.0 Å². The molecule has 4 N–H and O–H groups in total. The highest BCUT2D eigenvalue weighted by Crippen LogP contribution is 2.21. The first-order valence-electron chi connectivity index (χ1n) is 16.2. The molecule has 0 amide bonds. The Hall–Kier alpha value is -4.24. The quantitative estimate of drug-likeness (QED) is 0.0950. The summed E-state index contributed by atoms with van der Waals surface area (Å²) in [5.74, 6) is 0. The predicted molar refractivity (Wildman–Crippen MR) is 187 cm³/mol. The molecule has 0 saturated heterocycles. The minimum absolute atomic E-state index is 0.0301. The Balaban J connectivity index is 1.11. The minimum Gasteiger partial charge on any atom is -0.395 e. The number of benzene rings is 3. The molecule has 46 heavy (non-hydrogen) atoms. The van der Waals surface area contributed by atoms with E-state index in [9.17, 15) is 5.11 Å². The van der Waals surface area contributed by atoms with Gasteiger partial charge in [0.2, 0.25) is 0 Å². The second-order valence-electron chi connectivity index (χ2n) is 11.6. The lowest BCUT2D eigenvalue weighted by molar-refractivity contribution is 0.241. The molecule has 0 radical (unpaired) electrons. The van der Waals surface area contributed by atoms with E-state index in [-0.39, 0.29) is 12.6 Å². The van der Waals surface area contributed by atoms with E-state index < -0.39 is 0 Å². The van der Waals surface area contributed by atoms with Crippen LogP contribution in [0.15, 0.2) is 128 Å². The number of rotatable bonds is 19. The third-order valence-electron chi connectivity index (χ3n) is 8.06. The first-order valence-corrected chi connectivity index (χ1v) is 16.2. The van der Waals surface area contributed by atoms with Gasteiger partial charge in [0.25, 0.3) is 0 Å². The van der Waals surface area contributed by atoms with Gasteiger partial charge in [-0.3, -0.25) is 14.9 Å². The van der Waals surface area contributed by atoms with Crippen molar-refractivity contribution in [1.82, 2.24) is 30.8 Å².